The van der Waals surface area contributed by atoms with Gasteiger partial charge in [0.25, 0.3) is 0 Å². The molecule has 1 unspecified atom stereocenters. The van der Waals surface area contributed by atoms with Gasteiger partial charge < -0.3 is 14.5 Å². The van der Waals surface area contributed by atoms with Crippen LogP contribution in [-0.4, -0.2) is 18.6 Å². The average molecular weight is 350 g/mol. The van der Waals surface area contributed by atoms with E-state index in [1.165, 1.54) is 0 Å². The first kappa shape index (κ1) is 14.4. The molecule has 0 spiro atoms. The molecule has 1 aromatic carbocycles. The second-order valence-electron chi connectivity index (χ2n) is 4.99. The normalized spacial score (nSPS) is 17.9. The van der Waals surface area contributed by atoms with Crippen molar-refractivity contribution in [1.82, 2.24) is 5.32 Å². The molecular weight excluding hydrogens is 334 g/mol. The van der Waals surface area contributed by atoms with Crippen LogP contribution in [0.5, 0.6) is 0 Å². The Balaban J connectivity index is 1.60. The molecule has 4 nitrogen and oxygen atoms in total. The first-order valence-electron chi connectivity index (χ1n) is 6.96. The van der Waals surface area contributed by atoms with Crippen LogP contribution in [0.2, 0.25) is 0 Å². The molecule has 2 heterocycles. The maximum absolute atomic E-state index is 11.8. The van der Waals surface area contributed by atoms with Crippen LogP contribution in [0.1, 0.15) is 18.6 Å². The number of rotatable bonds is 4. The SMILES string of the molecule is O=C(NCc1ccc(-c2ccc(Br)cc2)o1)C1CCCO1. The molecular formula is C16H16BrNO3. The van der Waals surface area contributed by atoms with Crippen molar-refractivity contribution in [1.29, 1.82) is 0 Å². The van der Waals surface area contributed by atoms with E-state index in [-0.39, 0.29) is 12.0 Å². The number of benzene rings is 1. The number of hydrogen-bond donors (Lipinski definition) is 1. The largest absolute Gasteiger partial charge is 0.459 e. The summed E-state index contributed by atoms with van der Waals surface area (Å²) in [7, 11) is 0. The van der Waals surface area contributed by atoms with Crippen LogP contribution in [0.3, 0.4) is 0 Å². The number of nitrogens with one attached hydrogen (secondary N) is 1. The van der Waals surface area contributed by atoms with Crippen molar-refractivity contribution in [3.63, 3.8) is 0 Å². The van der Waals surface area contributed by atoms with Crippen LogP contribution in [0, 0.1) is 0 Å². The predicted octanol–water partition coefficient (Wildman–Crippen LogP) is 3.50. The Kier molecular flexibility index (Phi) is 4.41. The van der Waals surface area contributed by atoms with E-state index >= 15 is 0 Å². The zero-order valence-corrected chi connectivity index (χ0v) is 13.1. The van der Waals surface area contributed by atoms with E-state index in [9.17, 15) is 4.79 Å². The van der Waals surface area contributed by atoms with Crippen LogP contribution in [-0.2, 0) is 16.1 Å². The molecule has 0 saturated carbocycles. The quantitative estimate of drug-likeness (QED) is 0.918. The minimum absolute atomic E-state index is 0.0610. The molecule has 5 heteroatoms. The Morgan fingerprint density at radius 3 is 2.76 bits per heavy atom. The minimum atomic E-state index is -0.300. The molecule has 1 saturated heterocycles. The first-order chi connectivity index (χ1) is 10.2. The van der Waals surface area contributed by atoms with Gasteiger partial charge in [0.1, 0.15) is 17.6 Å². The van der Waals surface area contributed by atoms with Crippen molar-refractivity contribution in [2.75, 3.05) is 6.61 Å². The molecule has 1 aliphatic rings. The van der Waals surface area contributed by atoms with Gasteiger partial charge in [0, 0.05) is 16.6 Å². The number of carbonyl (C=O) groups is 1. The molecule has 1 fully saturated rings. The topological polar surface area (TPSA) is 51.5 Å². The number of furan rings is 1. The molecule has 0 radical (unpaired) electrons. The molecule has 2 aromatic rings. The summed E-state index contributed by atoms with van der Waals surface area (Å²) in [5, 5.41) is 2.85. The van der Waals surface area contributed by atoms with E-state index in [0.717, 1.165) is 34.4 Å². The fourth-order valence-electron chi connectivity index (χ4n) is 2.31. The van der Waals surface area contributed by atoms with Gasteiger partial charge in [-0.3, -0.25) is 4.79 Å². The third-order valence-corrected chi connectivity index (χ3v) is 3.98. The van der Waals surface area contributed by atoms with Crippen molar-refractivity contribution in [3.8, 4) is 11.3 Å². The van der Waals surface area contributed by atoms with Gasteiger partial charge in [0.2, 0.25) is 5.91 Å². The van der Waals surface area contributed by atoms with Gasteiger partial charge in [-0.2, -0.15) is 0 Å². The Morgan fingerprint density at radius 1 is 1.24 bits per heavy atom. The van der Waals surface area contributed by atoms with Crippen LogP contribution in [0.4, 0.5) is 0 Å². The average Bonchev–Trinajstić information content (AvgIpc) is 3.17. The smallest absolute Gasteiger partial charge is 0.249 e. The van der Waals surface area contributed by atoms with Crippen molar-refractivity contribution in [3.05, 3.63) is 46.6 Å². The molecule has 1 aliphatic heterocycles. The predicted molar refractivity (Wildman–Crippen MR) is 82.7 cm³/mol. The summed E-state index contributed by atoms with van der Waals surface area (Å²) in [5.41, 5.74) is 1.01. The molecule has 1 N–H and O–H groups in total. The van der Waals surface area contributed by atoms with E-state index in [4.69, 9.17) is 9.15 Å². The van der Waals surface area contributed by atoms with Crippen LogP contribution in [0.15, 0.2) is 45.3 Å². The molecule has 0 aliphatic carbocycles. The Hall–Kier alpha value is -1.59. The summed E-state index contributed by atoms with van der Waals surface area (Å²) in [6.45, 7) is 1.06. The Bertz CT molecular complexity index is 615. The third kappa shape index (κ3) is 3.54. The van der Waals surface area contributed by atoms with E-state index in [1.807, 2.05) is 36.4 Å². The highest BCUT2D eigenvalue weighted by atomic mass is 79.9. The second kappa shape index (κ2) is 6.45. The first-order valence-corrected chi connectivity index (χ1v) is 7.75. The number of carbonyl (C=O) groups excluding carboxylic acids is 1. The van der Waals surface area contributed by atoms with Gasteiger partial charge in [0.15, 0.2) is 0 Å². The number of halogens is 1. The molecule has 110 valence electrons. The molecule has 0 bridgehead atoms. The van der Waals surface area contributed by atoms with Gasteiger partial charge in [-0.1, -0.05) is 28.1 Å². The summed E-state index contributed by atoms with van der Waals surface area (Å²) in [4.78, 5) is 11.8. The highest BCUT2D eigenvalue weighted by Crippen LogP contribution is 2.24. The summed E-state index contributed by atoms with van der Waals surface area (Å²) < 4.78 is 12.1. The molecule has 21 heavy (non-hydrogen) atoms. The third-order valence-electron chi connectivity index (χ3n) is 3.45. The molecule has 1 atom stereocenters. The zero-order chi connectivity index (χ0) is 14.7. The standard InChI is InChI=1S/C16H16BrNO3/c17-12-5-3-11(4-6-12)14-8-7-13(21-14)10-18-16(19)15-2-1-9-20-15/h3-8,15H,1-2,9-10H2,(H,18,19). The van der Waals surface area contributed by atoms with Crippen LogP contribution in [0.25, 0.3) is 11.3 Å². The fraction of sp³-hybridized carbons (Fsp3) is 0.312. The fourth-order valence-corrected chi connectivity index (χ4v) is 2.58. The van der Waals surface area contributed by atoms with Crippen molar-refractivity contribution >= 4 is 21.8 Å². The van der Waals surface area contributed by atoms with Gasteiger partial charge >= 0.3 is 0 Å². The van der Waals surface area contributed by atoms with E-state index < -0.39 is 0 Å². The van der Waals surface area contributed by atoms with Gasteiger partial charge in [-0.05, 0) is 37.1 Å². The van der Waals surface area contributed by atoms with E-state index in [1.54, 1.807) is 0 Å². The maximum Gasteiger partial charge on any atom is 0.249 e. The minimum Gasteiger partial charge on any atom is -0.459 e. The van der Waals surface area contributed by atoms with Crippen LogP contribution < -0.4 is 5.32 Å². The zero-order valence-electron chi connectivity index (χ0n) is 11.5. The summed E-state index contributed by atoms with van der Waals surface area (Å²) in [6, 6.07) is 11.7. The molecule has 1 aromatic heterocycles. The van der Waals surface area contributed by atoms with Crippen molar-refractivity contribution < 1.29 is 13.9 Å². The van der Waals surface area contributed by atoms with E-state index in [0.29, 0.717) is 13.2 Å². The van der Waals surface area contributed by atoms with Crippen molar-refractivity contribution in [2.24, 2.45) is 0 Å². The summed E-state index contributed by atoms with van der Waals surface area (Å²) in [5.74, 6) is 1.47. The lowest BCUT2D eigenvalue weighted by atomic mass is 10.2. The number of ether oxygens (including phenoxy) is 1. The Morgan fingerprint density at radius 2 is 2.05 bits per heavy atom. The lowest BCUT2D eigenvalue weighted by molar-refractivity contribution is -0.130. The van der Waals surface area contributed by atoms with E-state index in [2.05, 4.69) is 21.2 Å². The highest BCUT2D eigenvalue weighted by Gasteiger charge is 2.23. The van der Waals surface area contributed by atoms with Crippen LogP contribution >= 0.6 is 15.9 Å². The maximum atomic E-state index is 11.8. The monoisotopic (exact) mass is 349 g/mol. The summed E-state index contributed by atoms with van der Waals surface area (Å²) >= 11 is 3.41. The number of amides is 1. The highest BCUT2D eigenvalue weighted by molar-refractivity contribution is 9.10. The second-order valence-corrected chi connectivity index (χ2v) is 5.91. The van der Waals surface area contributed by atoms with Gasteiger partial charge in [0.05, 0.1) is 6.54 Å². The Labute approximate surface area is 131 Å². The molecule has 1 amide bonds. The molecule has 3 rings (SSSR count). The lowest BCUT2D eigenvalue weighted by Gasteiger charge is -2.08. The van der Waals surface area contributed by atoms with Gasteiger partial charge in [-0.25, -0.2) is 0 Å². The number of hydrogen-bond acceptors (Lipinski definition) is 3. The van der Waals surface area contributed by atoms with Crippen molar-refractivity contribution in [2.45, 2.75) is 25.5 Å². The van der Waals surface area contributed by atoms with Gasteiger partial charge in [-0.15, -0.1) is 0 Å². The summed E-state index contributed by atoms with van der Waals surface area (Å²) in [6.07, 6.45) is 1.45. The lowest BCUT2D eigenvalue weighted by Crippen LogP contribution is -2.33.